The van der Waals surface area contributed by atoms with Crippen molar-refractivity contribution in [3.8, 4) is 0 Å². The van der Waals surface area contributed by atoms with E-state index in [0.29, 0.717) is 12.1 Å². The Morgan fingerprint density at radius 1 is 1.59 bits per heavy atom. The van der Waals surface area contributed by atoms with Crippen LogP contribution in [-0.2, 0) is 0 Å². The largest absolute Gasteiger partial charge is 0.349 e. The van der Waals surface area contributed by atoms with Crippen LogP contribution in [0.5, 0.6) is 0 Å². The summed E-state index contributed by atoms with van der Waals surface area (Å²) in [5, 5.41) is 3.12. The molecule has 1 N–H and O–H groups in total. The van der Waals surface area contributed by atoms with Gasteiger partial charge in [-0.25, -0.2) is 0 Å². The summed E-state index contributed by atoms with van der Waals surface area (Å²) in [6.07, 6.45) is 2.08. The number of nitrogens with zero attached hydrogens (tertiary/aromatic N) is 1. The quantitative estimate of drug-likeness (QED) is 0.910. The molecule has 2 rings (SSSR count). The molecule has 2 unspecified atom stereocenters. The van der Waals surface area contributed by atoms with Gasteiger partial charge in [0.05, 0.1) is 8.66 Å². The molecule has 1 fully saturated rings. The molecule has 17 heavy (non-hydrogen) atoms. The Hall–Kier alpha value is -0.390. The molecule has 3 nitrogen and oxygen atoms in total. The average Bonchev–Trinajstić information content (AvgIpc) is 2.70. The summed E-state index contributed by atoms with van der Waals surface area (Å²) in [5.74, 6) is 0.0578. The van der Waals surface area contributed by atoms with Gasteiger partial charge in [0.25, 0.3) is 5.91 Å². The molecule has 5 heteroatoms. The standard InChI is InChI=1S/C12H17BrN2OS/c1-8-7-9(5-6-15(8)2)14-12(16)10-3-4-11(13)17-10/h3-4,8-9H,5-7H2,1-2H3,(H,14,16). The van der Waals surface area contributed by atoms with Gasteiger partial charge in [0.2, 0.25) is 0 Å². The molecular formula is C12H17BrN2OS. The van der Waals surface area contributed by atoms with Gasteiger partial charge in [0, 0.05) is 18.6 Å². The molecule has 1 amide bonds. The van der Waals surface area contributed by atoms with Crippen molar-refractivity contribution in [2.75, 3.05) is 13.6 Å². The van der Waals surface area contributed by atoms with Crippen molar-refractivity contribution in [1.82, 2.24) is 10.2 Å². The van der Waals surface area contributed by atoms with Crippen molar-refractivity contribution in [2.45, 2.75) is 31.8 Å². The van der Waals surface area contributed by atoms with E-state index in [-0.39, 0.29) is 5.91 Å². The molecule has 0 spiro atoms. The first-order valence-corrected chi connectivity index (χ1v) is 7.43. The summed E-state index contributed by atoms with van der Waals surface area (Å²) in [4.78, 5) is 15.1. The summed E-state index contributed by atoms with van der Waals surface area (Å²) in [7, 11) is 2.14. The van der Waals surface area contributed by atoms with Gasteiger partial charge in [-0.15, -0.1) is 11.3 Å². The topological polar surface area (TPSA) is 32.3 Å². The molecule has 0 saturated carbocycles. The highest BCUT2D eigenvalue weighted by molar-refractivity contribution is 9.11. The number of thiophene rings is 1. The van der Waals surface area contributed by atoms with Crippen LogP contribution in [0, 0.1) is 0 Å². The Morgan fingerprint density at radius 3 is 2.94 bits per heavy atom. The lowest BCUT2D eigenvalue weighted by Gasteiger charge is -2.35. The lowest BCUT2D eigenvalue weighted by Crippen LogP contribution is -2.47. The van der Waals surface area contributed by atoms with E-state index in [9.17, 15) is 4.79 Å². The van der Waals surface area contributed by atoms with E-state index in [4.69, 9.17) is 0 Å². The van der Waals surface area contributed by atoms with Gasteiger partial charge in [0.1, 0.15) is 0 Å². The number of piperidine rings is 1. The van der Waals surface area contributed by atoms with Crippen LogP contribution >= 0.6 is 27.3 Å². The van der Waals surface area contributed by atoms with E-state index in [2.05, 4.69) is 40.1 Å². The second-order valence-corrected chi connectivity index (χ2v) is 7.09. The number of carbonyl (C=O) groups excluding carboxylic acids is 1. The van der Waals surface area contributed by atoms with Gasteiger partial charge in [-0.05, 0) is 54.9 Å². The van der Waals surface area contributed by atoms with Crippen LogP contribution < -0.4 is 5.32 Å². The lowest BCUT2D eigenvalue weighted by molar-refractivity contribution is 0.0900. The molecule has 0 radical (unpaired) electrons. The third-order valence-corrected chi connectivity index (χ3v) is 4.96. The van der Waals surface area contributed by atoms with Crippen LogP contribution in [0.1, 0.15) is 29.4 Å². The highest BCUT2D eigenvalue weighted by Gasteiger charge is 2.24. The first-order valence-electron chi connectivity index (χ1n) is 5.82. The maximum Gasteiger partial charge on any atom is 0.261 e. The maximum atomic E-state index is 12.0. The van der Waals surface area contributed by atoms with E-state index in [1.54, 1.807) is 0 Å². The highest BCUT2D eigenvalue weighted by atomic mass is 79.9. The van der Waals surface area contributed by atoms with Crippen molar-refractivity contribution in [2.24, 2.45) is 0 Å². The van der Waals surface area contributed by atoms with Crippen LogP contribution in [-0.4, -0.2) is 36.5 Å². The molecule has 94 valence electrons. The molecule has 1 aliphatic rings. The zero-order valence-electron chi connectivity index (χ0n) is 10.1. The summed E-state index contributed by atoms with van der Waals surface area (Å²) in [5.41, 5.74) is 0. The third kappa shape index (κ3) is 3.30. The summed E-state index contributed by atoms with van der Waals surface area (Å²) in [6, 6.07) is 4.64. The predicted molar refractivity (Wildman–Crippen MR) is 74.6 cm³/mol. The van der Waals surface area contributed by atoms with Gasteiger partial charge >= 0.3 is 0 Å². The molecule has 0 bridgehead atoms. The second-order valence-electron chi connectivity index (χ2n) is 4.63. The normalized spacial score (nSPS) is 25.8. The highest BCUT2D eigenvalue weighted by Crippen LogP contribution is 2.22. The number of hydrogen-bond donors (Lipinski definition) is 1. The number of amides is 1. The molecule has 1 aliphatic heterocycles. The summed E-state index contributed by atoms with van der Waals surface area (Å²) < 4.78 is 0.999. The monoisotopic (exact) mass is 316 g/mol. The molecular weight excluding hydrogens is 300 g/mol. The van der Waals surface area contributed by atoms with E-state index in [0.717, 1.165) is 28.0 Å². The van der Waals surface area contributed by atoms with Crippen molar-refractivity contribution in [3.63, 3.8) is 0 Å². The Balaban J connectivity index is 1.91. The minimum Gasteiger partial charge on any atom is -0.349 e. The van der Waals surface area contributed by atoms with Crippen molar-refractivity contribution in [1.29, 1.82) is 0 Å². The number of likely N-dealkylation sites (tertiary alicyclic amines) is 1. The smallest absolute Gasteiger partial charge is 0.261 e. The predicted octanol–water partition coefficient (Wildman–Crippen LogP) is 2.72. The van der Waals surface area contributed by atoms with E-state index >= 15 is 0 Å². The van der Waals surface area contributed by atoms with Crippen molar-refractivity contribution >= 4 is 33.2 Å². The summed E-state index contributed by atoms with van der Waals surface area (Å²) in [6.45, 7) is 3.26. The van der Waals surface area contributed by atoms with Crippen LogP contribution in [0.2, 0.25) is 0 Å². The number of halogens is 1. The number of rotatable bonds is 2. The van der Waals surface area contributed by atoms with Crippen LogP contribution in [0.4, 0.5) is 0 Å². The minimum atomic E-state index is 0.0578. The van der Waals surface area contributed by atoms with Crippen LogP contribution in [0.15, 0.2) is 15.9 Å². The molecule has 2 heterocycles. The molecule has 1 saturated heterocycles. The molecule has 2 atom stereocenters. The Labute approximate surface area is 114 Å². The van der Waals surface area contributed by atoms with Crippen molar-refractivity contribution in [3.05, 3.63) is 20.8 Å². The minimum absolute atomic E-state index is 0.0578. The van der Waals surface area contributed by atoms with Crippen molar-refractivity contribution < 1.29 is 4.79 Å². The average molecular weight is 317 g/mol. The van der Waals surface area contributed by atoms with Gasteiger partial charge in [-0.2, -0.15) is 0 Å². The molecule has 0 aromatic carbocycles. The van der Waals surface area contributed by atoms with Crippen LogP contribution in [0.3, 0.4) is 0 Å². The second kappa shape index (κ2) is 5.50. The van der Waals surface area contributed by atoms with Gasteiger partial charge < -0.3 is 10.2 Å². The van der Waals surface area contributed by atoms with E-state index in [1.807, 2.05) is 12.1 Å². The Kier molecular flexibility index (Phi) is 4.22. The fourth-order valence-electron chi connectivity index (χ4n) is 2.11. The number of nitrogens with one attached hydrogen (secondary N) is 1. The fourth-order valence-corrected chi connectivity index (χ4v) is 3.40. The SMILES string of the molecule is CC1CC(NC(=O)c2ccc(Br)s2)CCN1C. The van der Waals surface area contributed by atoms with Gasteiger partial charge in [-0.3, -0.25) is 4.79 Å². The fraction of sp³-hybridized carbons (Fsp3) is 0.583. The molecule has 1 aromatic heterocycles. The number of hydrogen-bond acceptors (Lipinski definition) is 3. The first kappa shape index (κ1) is 13.1. The van der Waals surface area contributed by atoms with E-state index < -0.39 is 0 Å². The number of carbonyl (C=O) groups is 1. The third-order valence-electron chi connectivity index (χ3n) is 3.34. The van der Waals surface area contributed by atoms with Gasteiger partial charge in [0.15, 0.2) is 0 Å². The van der Waals surface area contributed by atoms with Gasteiger partial charge in [-0.1, -0.05) is 0 Å². The van der Waals surface area contributed by atoms with E-state index in [1.165, 1.54) is 11.3 Å². The molecule has 1 aromatic rings. The Morgan fingerprint density at radius 2 is 2.35 bits per heavy atom. The zero-order chi connectivity index (χ0) is 12.4. The first-order chi connectivity index (χ1) is 8.06. The zero-order valence-corrected chi connectivity index (χ0v) is 12.5. The summed E-state index contributed by atoms with van der Waals surface area (Å²) >= 11 is 4.85. The Bertz CT molecular complexity index is 407. The van der Waals surface area contributed by atoms with Crippen LogP contribution in [0.25, 0.3) is 0 Å². The maximum absolute atomic E-state index is 12.0. The molecule has 0 aliphatic carbocycles. The lowest BCUT2D eigenvalue weighted by atomic mass is 9.99.